The first-order valence-electron chi connectivity index (χ1n) is 5.99. The summed E-state index contributed by atoms with van der Waals surface area (Å²) in [6, 6.07) is 0. The van der Waals surface area contributed by atoms with Crippen LogP contribution in [0.4, 0.5) is 5.69 Å². The maximum absolute atomic E-state index is 11.0. The number of thiol groups is 1. The van der Waals surface area contributed by atoms with E-state index in [4.69, 9.17) is 0 Å². The monoisotopic (exact) mass is 257 g/mol. The van der Waals surface area contributed by atoms with Gasteiger partial charge in [-0.1, -0.05) is 13.8 Å². The van der Waals surface area contributed by atoms with E-state index in [0.717, 1.165) is 30.8 Å². The Balaban J connectivity index is 3.00. The Bertz CT molecular complexity index is 390. The molecule has 1 aromatic heterocycles. The normalized spacial score (nSPS) is 10.8. The summed E-state index contributed by atoms with van der Waals surface area (Å²) in [4.78, 5) is 10.7. The third-order valence-corrected chi connectivity index (χ3v) is 3.05. The lowest BCUT2D eigenvalue weighted by atomic mass is 10.2. The number of unbranched alkanes of at least 4 members (excludes halogenated alkanes) is 1. The van der Waals surface area contributed by atoms with Gasteiger partial charge >= 0.3 is 5.69 Å². The lowest BCUT2D eigenvalue weighted by Crippen LogP contribution is -2.05. The summed E-state index contributed by atoms with van der Waals surface area (Å²) < 4.78 is 1.79. The maximum Gasteiger partial charge on any atom is 0.313 e. The van der Waals surface area contributed by atoms with Gasteiger partial charge in [0.15, 0.2) is 0 Å². The van der Waals surface area contributed by atoms with Gasteiger partial charge in [-0.25, -0.2) is 0 Å². The number of aromatic nitrogens is 2. The van der Waals surface area contributed by atoms with E-state index in [1.165, 1.54) is 0 Å². The third-order valence-electron chi connectivity index (χ3n) is 2.73. The van der Waals surface area contributed by atoms with Crippen LogP contribution < -0.4 is 0 Å². The van der Waals surface area contributed by atoms with Crippen molar-refractivity contribution in [3.63, 3.8) is 0 Å². The molecular weight excluding hydrogens is 238 g/mol. The summed E-state index contributed by atoms with van der Waals surface area (Å²) in [7, 11) is 0. The Hall–Kier alpha value is -1.04. The van der Waals surface area contributed by atoms with Gasteiger partial charge in [-0.05, 0) is 31.4 Å². The second-order valence-electron chi connectivity index (χ2n) is 3.86. The highest BCUT2D eigenvalue weighted by Gasteiger charge is 2.24. The van der Waals surface area contributed by atoms with Crippen molar-refractivity contribution in [2.45, 2.75) is 46.1 Å². The van der Waals surface area contributed by atoms with Gasteiger partial charge in [0.2, 0.25) is 0 Å². The first-order valence-corrected chi connectivity index (χ1v) is 6.62. The zero-order chi connectivity index (χ0) is 12.8. The highest BCUT2D eigenvalue weighted by atomic mass is 32.1. The molecule has 0 bridgehead atoms. The molecule has 0 aliphatic rings. The van der Waals surface area contributed by atoms with E-state index in [1.54, 1.807) is 4.68 Å². The average Bonchev–Trinajstić information content (AvgIpc) is 2.67. The van der Waals surface area contributed by atoms with Crippen molar-refractivity contribution in [2.24, 2.45) is 0 Å². The standard InChI is InChI=1S/C11H19N3O2S/c1-3-9-11(14(15)16)10(4-2)13(12-9)7-5-6-8-17/h17H,3-8H2,1-2H3. The molecule has 0 unspecified atom stereocenters. The van der Waals surface area contributed by atoms with Crippen molar-refractivity contribution < 1.29 is 4.92 Å². The molecule has 1 rings (SSSR count). The highest BCUT2D eigenvalue weighted by Crippen LogP contribution is 2.24. The fourth-order valence-corrected chi connectivity index (χ4v) is 2.12. The number of nitro groups is 1. The Morgan fingerprint density at radius 3 is 2.53 bits per heavy atom. The van der Waals surface area contributed by atoms with Gasteiger partial charge in [-0.3, -0.25) is 14.8 Å². The topological polar surface area (TPSA) is 61.0 Å². The fraction of sp³-hybridized carbons (Fsp3) is 0.727. The Kier molecular flexibility index (Phi) is 5.47. The summed E-state index contributed by atoms with van der Waals surface area (Å²) in [5.74, 6) is 0.839. The van der Waals surface area contributed by atoms with Gasteiger partial charge in [0.05, 0.1) is 4.92 Å². The SMILES string of the molecule is CCc1nn(CCCCS)c(CC)c1[N+](=O)[O-]. The van der Waals surface area contributed by atoms with Gasteiger partial charge in [-0.2, -0.15) is 17.7 Å². The zero-order valence-corrected chi connectivity index (χ0v) is 11.2. The predicted octanol–water partition coefficient (Wildman–Crippen LogP) is 2.63. The largest absolute Gasteiger partial charge is 0.313 e. The second-order valence-corrected chi connectivity index (χ2v) is 4.31. The molecule has 0 amide bonds. The summed E-state index contributed by atoms with van der Waals surface area (Å²) in [6.07, 6.45) is 3.20. The van der Waals surface area contributed by atoms with Gasteiger partial charge in [0.25, 0.3) is 0 Å². The minimum Gasteiger partial charge on any atom is -0.262 e. The van der Waals surface area contributed by atoms with E-state index in [1.807, 2.05) is 13.8 Å². The van der Waals surface area contributed by atoms with Gasteiger partial charge < -0.3 is 0 Å². The lowest BCUT2D eigenvalue weighted by Gasteiger charge is -2.03. The molecule has 0 aliphatic heterocycles. The van der Waals surface area contributed by atoms with E-state index < -0.39 is 0 Å². The zero-order valence-electron chi connectivity index (χ0n) is 10.3. The van der Waals surface area contributed by atoms with Crippen molar-refractivity contribution in [3.05, 3.63) is 21.5 Å². The molecule has 0 fully saturated rings. The molecule has 0 N–H and O–H groups in total. The van der Waals surface area contributed by atoms with Crippen LogP contribution >= 0.6 is 12.6 Å². The quantitative estimate of drug-likeness (QED) is 0.353. The van der Waals surface area contributed by atoms with Gasteiger partial charge in [0.1, 0.15) is 11.4 Å². The van der Waals surface area contributed by atoms with E-state index in [0.29, 0.717) is 18.5 Å². The maximum atomic E-state index is 11.0. The Morgan fingerprint density at radius 1 is 1.35 bits per heavy atom. The molecule has 17 heavy (non-hydrogen) atoms. The first kappa shape index (κ1) is 14.0. The van der Waals surface area contributed by atoms with Crippen LogP contribution in [0.2, 0.25) is 0 Å². The third kappa shape index (κ3) is 3.21. The molecule has 5 nitrogen and oxygen atoms in total. The van der Waals surface area contributed by atoms with Crippen LogP contribution in [0.1, 0.15) is 38.1 Å². The number of hydrogen-bond acceptors (Lipinski definition) is 4. The van der Waals surface area contributed by atoms with Crippen molar-refractivity contribution in [2.75, 3.05) is 5.75 Å². The molecule has 0 spiro atoms. The van der Waals surface area contributed by atoms with Crippen LogP contribution in [-0.2, 0) is 19.4 Å². The summed E-state index contributed by atoms with van der Waals surface area (Å²) >= 11 is 4.15. The molecule has 1 aromatic rings. The van der Waals surface area contributed by atoms with Crippen LogP contribution in [0.5, 0.6) is 0 Å². The minimum atomic E-state index is -0.306. The van der Waals surface area contributed by atoms with E-state index in [9.17, 15) is 10.1 Å². The van der Waals surface area contributed by atoms with Crippen molar-refractivity contribution >= 4 is 18.3 Å². The molecule has 0 atom stereocenters. The van der Waals surface area contributed by atoms with E-state index in [-0.39, 0.29) is 10.6 Å². The first-order chi connectivity index (χ1) is 8.15. The molecule has 0 aliphatic carbocycles. The fourth-order valence-electron chi connectivity index (χ4n) is 1.90. The van der Waals surface area contributed by atoms with Gasteiger partial charge in [-0.15, -0.1) is 0 Å². The van der Waals surface area contributed by atoms with Crippen molar-refractivity contribution in [3.8, 4) is 0 Å². The van der Waals surface area contributed by atoms with E-state index in [2.05, 4.69) is 17.7 Å². The number of aryl methyl sites for hydroxylation is 2. The van der Waals surface area contributed by atoms with Crippen LogP contribution in [-0.4, -0.2) is 20.5 Å². The smallest absolute Gasteiger partial charge is 0.262 e. The van der Waals surface area contributed by atoms with Crippen LogP contribution in [0.25, 0.3) is 0 Å². The van der Waals surface area contributed by atoms with Gasteiger partial charge in [0, 0.05) is 6.54 Å². The molecule has 0 saturated carbocycles. The van der Waals surface area contributed by atoms with Crippen LogP contribution in [0, 0.1) is 10.1 Å². The summed E-state index contributed by atoms with van der Waals surface area (Å²) in [5.41, 5.74) is 1.55. The summed E-state index contributed by atoms with van der Waals surface area (Å²) in [6.45, 7) is 4.57. The molecular formula is C11H19N3O2S. The van der Waals surface area contributed by atoms with Crippen LogP contribution in [0.15, 0.2) is 0 Å². The highest BCUT2D eigenvalue weighted by molar-refractivity contribution is 7.80. The lowest BCUT2D eigenvalue weighted by molar-refractivity contribution is -0.386. The molecule has 1 heterocycles. The summed E-state index contributed by atoms with van der Waals surface area (Å²) in [5, 5.41) is 15.4. The molecule has 0 saturated heterocycles. The number of nitrogens with zero attached hydrogens (tertiary/aromatic N) is 3. The predicted molar refractivity (Wildman–Crippen MR) is 70.7 cm³/mol. The average molecular weight is 257 g/mol. The van der Waals surface area contributed by atoms with Crippen molar-refractivity contribution in [1.29, 1.82) is 0 Å². The molecule has 96 valence electrons. The molecule has 0 aromatic carbocycles. The Morgan fingerprint density at radius 2 is 2.06 bits per heavy atom. The van der Waals surface area contributed by atoms with Crippen molar-refractivity contribution in [1.82, 2.24) is 9.78 Å². The second kappa shape index (κ2) is 6.64. The Labute approximate surface area is 107 Å². The van der Waals surface area contributed by atoms with E-state index >= 15 is 0 Å². The van der Waals surface area contributed by atoms with Crippen LogP contribution in [0.3, 0.4) is 0 Å². The number of rotatable bonds is 7. The minimum absolute atomic E-state index is 0.209. The molecule has 6 heteroatoms. The number of hydrogen-bond donors (Lipinski definition) is 1. The molecule has 0 radical (unpaired) electrons.